The van der Waals surface area contributed by atoms with Crippen LogP contribution in [0.5, 0.6) is 11.6 Å². The van der Waals surface area contributed by atoms with Crippen LogP contribution in [0.25, 0.3) is 10.9 Å². The van der Waals surface area contributed by atoms with E-state index in [1.54, 1.807) is 30.5 Å². The summed E-state index contributed by atoms with van der Waals surface area (Å²) in [5.74, 6) is 1.34. The van der Waals surface area contributed by atoms with Crippen LogP contribution in [0.1, 0.15) is 49.4 Å². The SMILES string of the molecule is O=c1c2cc(Br)ccc2nc(C2CCCCC2)n1N=Cc1ccc(Oc2ccc([N+](=O)[O-])cn2)c(Cl)c1. The minimum Gasteiger partial charge on any atom is -0.437 e. The van der Waals surface area contributed by atoms with Gasteiger partial charge in [0.25, 0.3) is 11.2 Å². The maximum Gasteiger partial charge on any atom is 0.287 e. The highest BCUT2D eigenvalue weighted by Crippen LogP contribution is 2.32. The molecule has 0 amide bonds. The third-order valence-corrected chi connectivity index (χ3v) is 7.02. The first-order chi connectivity index (χ1) is 17.9. The zero-order chi connectivity index (χ0) is 25.9. The lowest BCUT2D eigenvalue weighted by molar-refractivity contribution is -0.385. The number of nitro groups is 1. The van der Waals surface area contributed by atoms with Crippen molar-refractivity contribution in [3.05, 3.63) is 96.1 Å². The predicted octanol–water partition coefficient (Wildman–Crippen LogP) is 6.84. The Kier molecular flexibility index (Phi) is 7.29. The Morgan fingerprint density at radius 2 is 1.95 bits per heavy atom. The summed E-state index contributed by atoms with van der Waals surface area (Å²) in [5, 5.41) is 16.1. The number of nitrogens with zero attached hydrogens (tertiary/aromatic N) is 5. The molecule has 2 heterocycles. The van der Waals surface area contributed by atoms with E-state index in [0.717, 1.165) is 36.4 Å². The van der Waals surface area contributed by atoms with Crippen LogP contribution in [0.15, 0.2) is 69.1 Å². The molecular formula is C26H21BrClN5O4. The van der Waals surface area contributed by atoms with Crippen molar-refractivity contribution in [2.24, 2.45) is 5.10 Å². The molecule has 0 spiro atoms. The predicted molar refractivity (Wildman–Crippen MR) is 145 cm³/mol. The number of rotatable bonds is 6. The molecule has 5 rings (SSSR count). The Morgan fingerprint density at radius 3 is 2.65 bits per heavy atom. The van der Waals surface area contributed by atoms with Crippen molar-refractivity contribution in [2.45, 2.75) is 38.0 Å². The molecule has 0 aliphatic heterocycles. The van der Waals surface area contributed by atoms with Gasteiger partial charge in [0.2, 0.25) is 5.88 Å². The van der Waals surface area contributed by atoms with Gasteiger partial charge in [-0.05, 0) is 54.8 Å². The number of halogens is 2. The zero-order valence-electron chi connectivity index (χ0n) is 19.5. The minimum atomic E-state index is -0.535. The highest BCUT2D eigenvalue weighted by molar-refractivity contribution is 9.10. The van der Waals surface area contributed by atoms with Gasteiger partial charge in [0, 0.05) is 22.5 Å². The molecule has 1 saturated carbocycles. The molecule has 11 heteroatoms. The number of ether oxygens (including phenoxy) is 1. The van der Waals surface area contributed by atoms with Crippen molar-refractivity contribution in [2.75, 3.05) is 0 Å². The summed E-state index contributed by atoms with van der Waals surface area (Å²) in [6.07, 6.45) is 8.01. The van der Waals surface area contributed by atoms with Crippen LogP contribution in [-0.4, -0.2) is 25.8 Å². The standard InChI is InChI=1S/C26H21BrClN5O4/c27-18-7-9-22-20(13-18)26(34)32(25(31-22)17-4-2-1-3-5-17)30-14-16-6-10-23(21(28)12-16)37-24-11-8-19(15-29-24)33(35)36/h6-15,17H,1-5H2. The van der Waals surface area contributed by atoms with E-state index in [-0.39, 0.29) is 23.0 Å². The summed E-state index contributed by atoms with van der Waals surface area (Å²) in [6, 6.07) is 13.2. The summed E-state index contributed by atoms with van der Waals surface area (Å²) < 4.78 is 7.86. The second-order valence-electron chi connectivity index (χ2n) is 8.73. The normalized spacial score (nSPS) is 14.3. The molecule has 0 atom stereocenters. The lowest BCUT2D eigenvalue weighted by Gasteiger charge is -2.22. The molecule has 9 nitrogen and oxygen atoms in total. The van der Waals surface area contributed by atoms with Gasteiger partial charge in [-0.3, -0.25) is 14.9 Å². The molecular weight excluding hydrogens is 562 g/mol. The van der Waals surface area contributed by atoms with Gasteiger partial charge in [0.15, 0.2) is 0 Å². The average molecular weight is 583 g/mol. The van der Waals surface area contributed by atoms with E-state index in [1.165, 1.54) is 23.2 Å². The highest BCUT2D eigenvalue weighted by Gasteiger charge is 2.22. The Balaban J connectivity index is 1.45. The summed E-state index contributed by atoms with van der Waals surface area (Å²) in [6.45, 7) is 0. The summed E-state index contributed by atoms with van der Waals surface area (Å²) in [4.78, 5) is 32.5. The number of benzene rings is 2. The maximum atomic E-state index is 13.4. The Labute approximate surface area is 225 Å². The molecule has 0 bridgehead atoms. The Bertz CT molecular complexity index is 1570. The van der Waals surface area contributed by atoms with Gasteiger partial charge in [0.05, 0.1) is 27.1 Å². The van der Waals surface area contributed by atoms with E-state index in [1.807, 2.05) is 12.1 Å². The average Bonchev–Trinajstić information content (AvgIpc) is 2.90. The summed E-state index contributed by atoms with van der Waals surface area (Å²) in [7, 11) is 0. The fraction of sp³-hybridized carbons (Fsp3) is 0.231. The van der Waals surface area contributed by atoms with Gasteiger partial charge in [-0.25, -0.2) is 9.97 Å². The van der Waals surface area contributed by atoms with E-state index in [4.69, 9.17) is 21.3 Å². The van der Waals surface area contributed by atoms with Crippen LogP contribution >= 0.6 is 27.5 Å². The fourth-order valence-corrected chi connectivity index (χ4v) is 4.95. The van der Waals surface area contributed by atoms with Crippen LogP contribution < -0.4 is 10.3 Å². The summed E-state index contributed by atoms with van der Waals surface area (Å²) >= 11 is 9.85. The van der Waals surface area contributed by atoms with Gasteiger partial charge in [-0.2, -0.15) is 9.78 Å². The van der Waals surface area contributed by atoms with E-state index < -0.39 is 4.92 Å². The lowest BCUT2D eigenvalue weighted by atomic mass is 9.88. The van der Waals surface area contributed by atoms with E-state index in [2.05, 4.69) is 26.0 Å². The lowest BCUT2D eigenvalue weighted by Crippen LogP contribution is -2.25. The van der Waals surface area contributed by atoms with E-state index >= 15 is 0 Å². The van der Waals surface area contributed by atoms with Crippen LogP contribution in [0.3, 0.4) is 0 Å². The molecule has 4 aromatic rings. The molecule has 1 aliphatic rings. The van der Waals surface area contributed by atoms with Crippen molar-refractivity contribution in [1.82, 2.24) is 14.6 Å². The van der Waals surface area contributed by atoms with Gasteiger partial charge in [0.1, 0.15) is 17.8 Å². The third-order valence-electron chi connectivity index (χ3n) is 6.23. The first kappa shape index (κ1) is 25.0. The molecule has 0 N–H and O–H groups in total. The smallest absolute Gasteiger partial charge is 0.287 e. The number of hydrogen-bond acceptors (Lipinski definition) is 7. The van der Waals surface area contributed by atoms with Gasteiger partial charge in [-0.1, -0.05) is 46.8 Å². The maximum absolute atomic E-state index is 13.4. The fourth-order valence-electron chi connectivity index (χ4n) is 4.36. The highest BCUT2D eigenvalue weighted by atomic mass is 79.9. The van der Waals surface area contributed by atoms with Crippen LogP contribution in [0, 0.1) is 10.1 Å². The van der Waals surface area contributed by atoms with Crippen LogP contribution in [-0.2, 0) is 0 Å². The minimum absolute atomic E-state index is 0.136. The van der Waals surface area contributed by atoms with Crippen molar-refractivity contribution in [3.8, 4) is 11.6 Å². The number of pyridine rings is 1. The molecule has 2 aromatic carbocycles. The van der Waals surface area contributed by atoms with Crippen LogP contribution in [0.4, 0.5) is 5.69 Å². The third kappa shape index (κ3) is 5.55. The Morgan fingerprint density at radius 1 is 1.14 bits per heavy atom. The first-order valence-electron chi connectivity index (χ1n) is 11.7. The monoisotopic (exact) mass is 581 g/mol. The van der Waals surface area contributed by atoms with Crippen molar-refractivity contribution in [1.29, 1.82) is 0 Å². The largest absolute Gasteiger partial charge is 0.437 e. The molecule has 0 unspecified atom stereocenters. The molecule has 37 heavy (non-hydrogen) atoms. The number of aromatic nitrogens is 3. The number of fused-ring (bicyclic) bond motifs is 1. The molecule has 1 aliphatic carbocycles. The number of hydrogen-bond donors (Lipinski definition) is 0. The second kappa shape index (κ2) is 10.8. The zero-order valence-corrected chi connectivity index (χ0v) is 21.9. The molecule has 2 aromatic heterocycles. The van der Waals surface area contributed by atoms with Gasteiger partial charge in [-0.15, -0.1) is 0 Å². The van der Waals surface area contributed by atoms with Gasteiger partial charge >= 0.3 is 0 Å². The molecule has 0 radical (unpaired) electrons. The van der Waals surface area contributed by atoms with E-state index in [9.17, 15) is 14.9 Å². The van der Waals surface area contributed by atoms with Gasteiger partial charge < -0.3 is 4.74 Å². The quantitative estimate of drug-likeness (QED) is 0.140. The van der Waals surface area contributed by atoms with Crippen LogP contribution in [0.2, 0.25) is 5.02 Å². The second-order valence-corrected chi connectivity index (χ2v) is 10.1. The topological polar surface area (TPSA) is 113 Å². The summed E-state index contributed by atoms with van der Waals surface area (Å²) in [5.41, 5.74) is 0.955. The van der Waals surface area contributed by atoms with Crippen molar-refractivity contribution >= 4 is 50.3 Å². The first-order valence-corrected chi connectivity index (χ1v) is 12.9. The van der Waals surface area contributed by atoms with E-state index in [0.29, 0.717) is 33.1 Å². The molecule has 0 saturated heterocycles. The van der Waals surface area contributed by atoms with Crippen molar-refractivity contribution in [3.63, 3.8) is 0 Å². The molecule has 188 valence electrons. The molecule has 1 fully saturated rings. The van der Waals surface area contributed by atoms with Crippen molar-refractivity contribution < 1.29 is 9.66 Å². The Hall–Kier alpha value is -3.63.